The van der Waals surface area contributed by atoms with E-state index in [2.05, 4.69) is 16.1 Å². The topological polar surface area (TPSA) is 28.7 Å². The van der Waals surface area contributed by atoms with Crippen LogP contribution in [0.5, 0.6) is 0 Å². The molecule has 1 rings (SSSR count). The molecule has 0 aliphatic carbocycles. The van der Waals surface area contributed by atoms with E-state index in [1.165, 1.54) is 0 Å². The van der Waals surface area contributed by atoms with Crippen LogP contribution in [0.25, 0.3) is 0 Å². The maximum atomic E-state index is 5.34. The van der Waals surface area contributed by atoms with Crippen LogP contribution in [0.4, 0.5) is 0 Å². The Labute approximate surface area is 67.0 Å². The summed E-state index contributed by atoms with van der Waals surface area (Å²) in [4.78, 5) is 0. The van der Waals surface area contributed by atoms with Gasteiger partial charge in [0.05, 0.1) is 11.1 Å². The summed E-state index contributed by atoms with van der Waals surface area (Å²) in [6.45, 7) is 5.91. The van der Waals surface area contributed by atoms with Crippen molar-refractivity contribution in [1.82, 2.24) is 10.2 Å². The first-order valence-corrected chi connectivity index (χ1v) is 3.56. The lowest BCUT2D eigenvalue weighted by Gasteiger charge is -2.12. The van der Waals surface area contributed by atoms with Crippen LogP contribution in [0, 0.1) is 19.3 Å². The zero-order valence-corrected chi connectivity index (χ0v) is 7.10. The fourth-order valence-electron chi connectivity index (χ4n) is 0.812. The van der Waals surface area contributed by atoms with Gasteiger partial charge in [0.2, 0.25) is 0 Å². The first-order valence-electron chi connectivity index (χ1n) is 3.56. The molecule has 0 saturated heterocycles. The highest BCUT2D eigenvalue weighted by molar-refractivity contribution is 5.26. The molecule has 1 N–H and O–H groups in total. The number of hydrogen-bond donors (Lipinski definition) is 1. The lowest BCUT2D eigenvalue weighted by atomic mass is 9.91. The molecule has 0 fully saturated rings. The number of H-pyrrole nitrogens is 1. The highest BCUT2D eigenvalue weighted by Crippen LogP contribution is 2.19. The van der Waals surface area contributed by atoms with Gasteiger partial charge in [-0.3, -0.25) is 5.10 Å². The number of rotatable bonds is 1. The molecule has 1 heterocycles. The van der Waals surface area contributed by atoms with Crippen LogP contribution < -0.4 is 0 Å². The largest absolute Gasteiger partial charge is 0.283 e. The molecule has 0 atom stereocenters. The van der Waals surface area contributed by atoms with Gasteiger partial charge in [-0.1, -0.05) is 5.92 Å². The molecular formula is C9H12N2. The van der Waals surface area contributed by atoms with Crippen molar-refractivity contribution in [3.63, 3.8) is 0 Å². The number of aromatic amines is 1. The summed E-state index contributed by atoms with van der Waals surface area (Å²) in [5, 5.41) is 6.95. The van der Waals surface area contributed by atoms with Crippen LogP contribution >= 0.6 is 0 Å². The molecule has 0 spiro atoms. The fourth-order valence-corrected chi connectivity index (χ4v) is 0.812. The average Bonchev–Trinajstić information content (AvgIpc) is 2.36. The maximum absolute atomic E-state index is 5.34. The highest BCUT2D eigenvalue weighted by atomic mass is 15.1. The van der Waals surface area contributed by atoms with E-state index in [0.29, 0.717) is 0 Å². The smallest absolute Gasteiger partial charge is 0.0800 e. The normalized spacial score (nSPS) is 11.1. The summed E-state index contributed by atoms with van der Waals surface area (Å²) < 4.78 is 0. The Bertz CT molecular complexity index is 289. The molecule has 0 aromatic carbocycles. The molecule has 2 heteroatoms. The molecular weight excluding hydrogens is 136 g/mol. The second-order valence-electron chi connectivity index (χ2n) is 3.21. The van der Waals surface area contributed by atoms with Gasteiger partial charge in [-0.05, 0) is 26.8 Å². The molecule has 1 aromatic rings. The van der Waals surface area contributed by atoms with Crippen molar-refractivity contribution >= 4 is 0 Å². The van der Waals surface area contributed by atoms with Crippen LogP contribution in [0.15, 0.2) is 6.07 Å². The minimum Gasteiger partial charge on any atom is -0.283 e. The molecule has 0 saturated carbocycles. The first-order chi connectivity index (χ1) is 5.06. The zero-order valence-electron chi connectivity index (χ0n) is 7.10. The van der Waals surface area contributed by atoms with E-state index >= 15 is 0 Å². The van der Waals surface area contributed by atoms with Crippen LogP contribution in [0.3, 0.4) is 0 Å². The van der Waals surface area contributed by atoms with Crippen molar-refractivity contribution in [3.8, 4) is 12.3 Å². The van der Waals surface area contributed by atoms with E-state index < -0.39 is 0 Å². The van der Waals surface area contributed by atoms with Crippen molar-refractivity contribution in [2.75, 3.05) is 0 Å². The van der Waals surface area contributed by atoms with Gasteiger partial charge in [0.15, 0.2) is 0 Å². The van der Waals surface area contributed by atoms with Crippen molar-refractivity contribution < 1.29 is 0 Å². The Morgan fingerprint density at radius 2 is 2.27 bits per heavy atom. The molecule has 0 aliphatic heterocycles. The summed E-state index contributed by atoms with van der Waals surface area (Å²) in [6, 6.07) is 1.97. The number of nitrogens with one attached hydrogen (secondary N) is 1. The maximum Gasteiger partial charge on any atom is 0.0800 e. The van der Waals surface area contributed by atoms with Crippen molar-refractivity contribution in [2.45, 2.75) is 26.2 Å². The van der Waals surface area contributed by atoms with Crippen LogP contribution in [-0.4, -0.2) is 10.2 Å². The van der Waals surface area contributed by atoms with E-state index in [9.17, 15) is 0 Å². The van der Waals surface area contributed by atoms with Crippen LogP contribution in [0.2, 0.25) is 0 Å². The number of hydrogen-bond acceptors (Lipinski definition) is 1. The standard InChI is InChI=1S/C9H12N2/c1-5-9(3,4)8-6-7(2)10-11-8/h1,6H,2-4H3,(H,10,11). The Hall–Kier alpha value is -1.23. The van der Waals surface area contributed by atoms with Crippen molar-refractivity contribution in [3.05, 3.63) is 17.5 Å². The van der Waals surface area contributed by atoms with E-state index in [0.717, 1.165) is 11.4 Å². The molecule has 2 nitrogen and oxygen atoms in total. The molecule has 11 heavy (non-hydrogen) atoms. The number of aryl methyl sites for hydroxylation is 1. The van der Waals surface area contributed by atoms with E-state index in [1.807, 2.05) is 26.8 Å². The Morgan fingerprint density at radius 3 is 2.64 bits per heavy atom. The Morgan fingerprint density at radius 1 is 1.64 bits per heavy atom. The molecule has 58 valence electrons. The third-order valence-electron chi connectivity index (χ3n) is 1.71. The second kappa shape index (κ2) is 2.43. The van der Waals surface area contributed by atoms with E-state index in [1.54, 1.807) is 0 Å². The van der Waals surface area contributed by atoms with Crippen LogP contribution in [0.1, 0.15) is 25.2 Å². The summed E-state index contributed by atoms with van der Waals surface area (Å²) in [5.41, 5.74) is 1.71. The summed E-state index contributed by atoms with van der Waals surface area (Å²) in [5.74, 6) is 2.69. The van der Waals surface area contributed by atoms with Gasteiger partial charge < -0.3 is 0 Å². The van der Waals surface area contributed by atoms with Crippen molar-refractivity contribution in [2.24, 2.45) is 0 Å². The van der Waals surface area contributed by atoms with Crippen LogP contribution in [-0.2, 0) is 5.41 Å². The SMILES string of the molecule is C#CC(C)(C)c1cc(C)[nH]n1. The predicted molar refractivity (Wildman–Crippen MR) is 45.2 cm³/mol. The molecule has 0 amide bonds. The lowest BCUT2D eigenvalue weighted by Crippen LogP contribution is -2.14. The highest BCUT2D eigenvalue weighted by Gasteiger charge is 2.19. The van der Waals surface area contributed by atoms with Gasteiger partial charge in [0, 0.05) is 5.69 Å². The number of aromatic nitrogens is 2. The van der Waals surface area contributed by atoms with Gasteiger partial charge in [-0.25, -0.2) is 0 Å². The Balaban J connectivity index is 3.04. The minimum absolute atomic E-state index is 0.259. The molecule has 0 unspecified atom stereocenters. The number of nitrogens with zero attached hydrogens (tertiary/aromatic N) is 1. The van der Waals surface area contributed by atoms with Gasteiger partial charge in [-0.15, -0.1) is 6.42 Å². The molecule has 0 radical (unpaired) electrons. The quantitative estimate of drug-likeness (QED) is 0.602. The number of terminal acetylenes is 1. The molecule has 1 aromatic heterocycles. The van der Waals surface area contributed by atoms with Gasteiger partial charge in [0.25, 0.3) is 0 Å². The average molecular weight is 148 g/mol. The fraction of sp³-hybridized carbons (Fsp3) is 0.444. The van der Waals surface area contributed by atoms with Gasteiger partial charge in [0.1, 0.15) is 0 Å². The molecule has 0 bridgehead atoms. The monoisotopic (exact) mass is 148 g/mol. The van der Waals surface area contributed by atoms with Gasteiger partial charge in [-0.2, -0.15) is 5.10 Å². The second-order valence-corrected chi connectivity index (χ2v) is 3.21. The van der Waals surface area contributed by atoms with E-state index in [-0.39, 0.29) is 5.41 Å². The van der Waals surface area contributed by atoms with E-state index in [4.69, 9.17) is 6.42 Å². The minimum atomic E-state index is -0.259. The first kappa shape index (κ1) is 7.87. The van der Waals surface area contributed by atoms with Crippen molar-refractivity contribution in [1.29, 1.82) is 0 Å². The van der Waals surface area contributed by atoms with Gasteiger partial charge >= 0.3 is 0 Å². The summed E-state index contributed by atoms with van der Waals surface area (Å²) in [7, 11) is 0. The third-order valence-corrected chi connectivity index (χ3v) is 1.71. The summed E-state index contributed by atoms with van der Waals surface area (Å²) in [6.07, 6.45) is 5.34. The summed E-state index contributed by atoms with van der Waals surface area (Å²) >= 11 is 0. The lowest BCUT2D eigenvalue weighted by molar-refractivity contribution is 0.666. The Kier molecular flexibility index (Phi) is 1.74. The predicted octanol–water partition coefficient (Wildman–Crippen LogP) is 1.63. The molecule has 0 aliphatic rings. The third kappa shape index (κ3) is 1.43. The zero-order chi connectivity index (χ0) is 8.48.